The lowest BCUT2D eigenvalue weighted by Gasteiger charge is -2.36. The molecule has 2 aromatic rings. The molecule has 1 heterocycles. The van der Waals surface area contributed by atoms with Gasteiger partial charge in [-0.15, -0.1) is 0 Å². The number of halogens is 1. The Labute approximate surface area is 195 Å². The Kier molecular flexibility index (Phi) is 7.67. The van der Waals surface area contributed by atoms with Gasteiger partial charge in [-0.25, -0.2) is 0 Å². The SMILES string of the molecule is CCC(=O)N1CCN(c2ccc(NC(=O)COc3ccc(C(C)(C)C)cc3)cc2Cl)CC1. The number of hydrogen-bond donors (Lipinski definition) is 1. The first-order chi connectivity index (χ1) is 15.2. The maximum absolute atomic E-state index is 12.3. The number of amides is 2. The van der Waals surface area contributed by atoms with Gasteiger partial charge in [0.05, 0.1) is 10.7 Å². The van der Waals surface area contributed by atoms with Crippen molar-refractivity contribution >= 4 is 34.8 Å². The van der Waals surface area contributed by atoms with E-state index in [0.29, 0.717) is 36.0 Å². The highest BCUT2D eigenvalue weighted by Crippen LogP contribution is 2.30. The lowest BCUT2D eigenvalue weighted by Crippen LogP contribution is -2.48. The van der Waals surface area contributed by atoms with Crippen LogP contribution in [0.3, 0.4) is 0 Å². The molecular formula is C25H32ClN3O3. The number of carbonyl (C=O) groups is 2. The highest BCUT2D eigenvalue weighted by atomic mass is 35.5. The summed E-state index contributed by atoms with van der Waals surface area (Å²) in [5, 5.41) is 3.40. The number of piperazine rings is 1. The molecule has 7 heteroatoms. The third-order valence-electron chi connectivity index (χ3n) is 5.60. The molecule has 0 atom stereocenters. The summed E-state index contributed by atoms with van der Waals surface area (Å²) in [5.41, 5.74) is 2.81. The Balaban J connectivity index is 1.52. The van der Waals surface area contributed by atoms with Crippen molar-refractivity contribution < 1.29 is 14.3 Å². The van der Waals surface area contributed by atoms with Crippen LogP contribution in [0.1, 0.15) is 39.7 Å². The number of benzene rings is 2. The van der Waals surface area contributed by atoms with Crippen LogP contribution in [0.25, 0.3) is 0 Å². The van der Waals surface area contributed by atoms with E-state index in [1.54, 1.807) is 6.07 Å². The summed E-state index contributed by atoms with van der Waals surface area (Å²) >= 11 is 6.49. The van der Waals surface area contributed by atoms with Crippen molar-refractivity contribution in [2.45, 2.75) is 39.5 Å². The molecule has 32 heavy (non-hydrogen) atoms. The van der Waals surface area contributed by atoms with Crippen molar-refractivity contribution in [2.75, 3.05) is 43.0 Å². The summed E-state index contributed by atoms with van der Waals surface area (Å²) in [5.74, 6) is 0.587. The molecule has 0 bridgehead atoms. The zero-order chi connectivity index (χ0) is 23.3. The summed E-state index contributed by atoms with van der Waals surface area (Å²) in [7, 11) is 0. The minimum atomic E-state index is -0.250. The second kappa shape index (κ2) is 10.3. The zero-order valence-electron chi connectivity index (χ0n) is 19.3. The fraction of sp³-hybridized carbons (Fsp3) is 0.440. The van der Waals surface area contributed by atoms with E-state index in [4.69, 9.17) is 16.3 Å². The molecule has 6 nitrogen and oxygen atoms in total. The van der Waals surface area contributed by atoms with E-state index in [2.05, 4.69) is 31.0 Å². The van der Waals surface area contributed by atoms with Gasteiger partial charge in [-0.1, -0.05) is 51.4 Å². The second-order valence-corrected chi connectivity index (χ2v) is 9.41. The van der Waals surface area contributed by atoms with Crippen LogP contribution >= 0.6 is 11.6 Å². The van der Waals surface area contributed by atoms with Crippen molar-refractivity contribution in [3.63, 3.8) is 0 Å². The first-order valence-electron chi connectivity index (χ1n) is 11.0. The molecule has 1 aliphatic heterocycles. The molecule has 2 amide bonds. The minimum Gasteiger partial charge on any atom is -0.484 e. The largest absolute Gasteiger partial charge is 0.484 e. The van der Waals surface area contributed by atoms with E-state index in [1.807, 2.05) is 48.2 Å². The third kappa shape index (κ3) is 6.16. The van der Waals surface area contributed by atoms with Gasteiger partial charge in [0, 0.05) is 38.3 Å². The van der Waals surface area contributed by atoms with Crippen molar-refractivity contribution in [1.82, 2.24) is 4.90 Å². The normalized spacial score (nSPS) is 14.3. The van der Waals surface area contributed by atoms with E-state index in [-0.39, 0.29) is 23.8 Å². The summed E-state index contributed by atoms with van der Waals surface area (Å²) in [6, 6.07) is 13.3. The monoisotopic (exact) mass is 457 g/mol. The number of hydrogen-bond acceptors (Lipinski definition) is 4. The molecule has 1 saturated heterocycles. The first kappa shape index (κ1) is 23.9. The molecule has 2 aromatic carbocycles. The van der Waals surface area contributed by atoms with Crippen LogP contribution in [0.4, 0.5) is 11.4 Å². The van der Waals surface area contributed by atoms with Gasteiger partial charge in [0.1, 0.15) is 5.75 Å². The minimum absolute atomic E-state index is 0.0713. The number of rotatable bonds is 6. The summed E-state index contributed by atoms with van der Waals surface area (Å²) in [4.78, 5) is 28.2. The van der Waals surface area contributed by atoms with Gasteiger partial charge in [0.25, 0.3) is 5.91 Å². The van der Waals surface area contributed by atoms with E-state index < -0.39 is 0 Å². The lowest BCUT2D eigenvalue weighted by atomic mass is 9.87. The van der Waals surface area contributed by atoms with Gasteiger partial charge < -0.3 is 19.9 Å². The fourth-order valence-electron chi connectivity index (χ4n) is 3.66. The average Bonchev–Trinajstić information content (AvgIpc) is 2.77. The summed E-state index contributed by atoms with van der Waals surface area (Å²) in [6.07, 6.45) is 0.529. The van der Waals surface area contributed by atoms with Crippen molar-refractivity contribution in [3.05, 3.63) is 53.1 Å². The maximum Gasteiger partial charge on any atom is 0.262 e. The molecule has 0 aromatic heterocycles. The van der Waals surface area contributed by atoms with Crippen LogP contribution in [0.5, 0.6) is 5.75 Å². The average molecular weight is 458 g/mol. The summed E-state index contributed by atoms with van der Waals surface area (Å²) < 4.78 is 5.61. The molecule has 0 aliphatic carbocycles. The number of anilines is 2. The molecule has 3 rings (SSSR count). The predicted molar refractivity (Wildman–Crippen MR) is 130 cm³/mol. The van der Waals surface area contributed by atoms with E-state index >= 15 is 0 Å². The van der Waals surface area contributed by atoms with Crippen molar-refractivity contribution in [2.24, 2.45) is 0 Å². The topological polar surface area (TPSA) is 61.9 Å². The third-order valence-corrected chi connectivity index (χ3v) is 5.90. The van der Waals surface area contributed by atoms with Gasteiger partial charge in [0.15, 0.2) is 6.61 Å². The van der Waals surface area contributed by atoms with Gasteiger partial charge in [-0.2, -0.15) is 0 Å². The highest BCUT2D eigenvalue weighted by molar-refractivity contribution is 6.33. The molecule has 1 fully saturated rings. The number of nitrogens with zero attached hydrogens (tertiary/aromatic N) is 2. The first-order valence-corrected chi connectivity index (χ1v) is 11.4. The zero-order valence-corrected chi connectivity index (χ0v) is 20.0. The Morgan fingerprint density at radius 2 is 1.69 bits per heavy atom. The predicted octanol–water partition coefficient (Wildman–Crippen LogP) is 4.71. The number of carbonyl (C=O) groups excluding carboxylic acids is 2. The van der Waals surface area contributed by atoms with Crippen LogP contribution in [0.15, 0.2) is 42.5 Å². The van der Waals surface area contributed by atoms with Crippen LogP contribution in [-0.2, 0) is 15.0 Å². The molecule has 172 valence electrons. The standard InChI is InChI=1S/C25H32ClN3O3/c1-5-24(31)29-14-12-28(13-15-29)22-11-8-19(16-21(22)26)27-23(30)17-32-20-9-6-18(7-10-20)25(2,3)4/h6-11,16H,5,12-15,17H2,1-4H3,(H,27,30). The molecule has 0 radical (unpaired) electrons. The van der Waals surface area contributed by atoms with Gasteiger partial charge in [-0.05, 0) is 41.3 Å². The van der Waals surface area contributed by atoms with Crippen molar-refractivity contribution in [1.29, 1.82) is 0 Å². The summed E-state index contributed by atoms with van der Waals surface area (Å²) in [6.45, 7) is 11.1. The van der Waals surface area contributed by atoms with Crippen LogP contribution < -0.4 is 15.0 Å². The van der Waals surface area contributed by atoms with Crippen LogP contribution in [0.2, 0.25) is 5.02 Å². The number of ether oxygens (including phenoxy) is 1. The second-order valence-electron chi connectivity index (χ2n) is 9.00. The number of nitrogens with one attached hydrogen (secondary N) is 1. The molecule has 0 unspecified atom stereocenters. The van der Waals surface area contributed by atoms with Gasteiger partial charge in [0.2, 0.25) is 5.91 Å². The molecule has 0 spiro atoms. The molecule has 1 aliphatic rings. The molecular weight excluding hydrogens is 426 g/mol. The maximum atomic E-state index is 12.3. The highest BCUT2D eigenvalue weighted by Gasteiger charge is 2.21. The van der Waals surface area contributed by atoms with Gasteiger partial charge >= 0.3 is 0 Å². The Hall–Kier alpha value is -2.73. The Morgan fingerprint density at radius 3 is 2.25 bits per heavy atom. The fourth-order valence-corrected chi connectivity index (χ4v) is 3.96. The lowest BCUT2D eigenvalue weighted by molar-refractivity contribution is -0.131. The van der Waals surface area contributed by atoms with E-state index in [1.165, 1.54) is 5.56 Å². The van der Waals surface area contributed by atoms with Crippen LogP contribution in [0, 0.1) is 0 Å². The Morgan fingerprint density at radius 1 is 1.03 bits per heavy atom. The van der Waals surface area contributed by atoms with Crippen molar-refractivity contribution in [3.8, 4) is 5.75 Å². The molecule has 1 N–H and O–H groups in total. The quantitative estimate of drug-likeness (QED) is 0.682. The van der Waals surface area contributed by atoms with Crippen LogP contribution in [-0.4, -0.2) is 49.5 Å². The van der Waals surface area contributed by atoms with E-state index in [0.717, 1.165) is 18.8 Å². The molecule has 0 saturated carbocycles. The van der Waals surface area contributed by atoms with Gasteiger partial charge in [-0.3, -0.25) is 9.59 Å². The smallest absolute Gasteiger partial charge is 0.262 e. The van der Waals surface area contributed by atoms with E-state index in [9.17, 15) is 9.59 Å². The Bertz CT molecular complexity index is 946.